The lowest BCUT2D eigenvalue weighted by Gasteiger charge is -2.44. The Morgan fingerprint density at radius 2 is 0.900 bits per heavy atom. The van der Waals surface area contributed by atoms with Gasteiger partial charge in [0, 0.05) is 0 Å². The van der Waals surface area contributed by atoms with Gasteiger partial charge in [0.15, 0.2) is 6.29 Å². The molecule has 0 unspecified atom stereocenters. The Labute approximate surface area is 236 Å². The van der Waals surface area contributed by atoms with Crippen molar-refractivity contribution in [2.75, 3.05) is 6.61 Å². The second-order valence-corrected chi connectivity index (χ2v) is 9.85. The Kier molecular flexibility index (Phi) is 10.5. The average molecular weight is 541 g/mol. The highest BCUT2D eigenvalue weighted by Crippen LogP contribution is 2.29. The minimum Gasteiger partial charge on any atom is -0.385 e. The topological polar surface area (TPSA) is 66.4 Å². The molecule has 0 amide bonds. The molecule has 5 rings (SSSR count). The first kappa shape index (κ1) is 28.2. The van der Waals surface area contributed by atoms with Crippen molar-refractivity contribution < 1.29 is 28.8 Å². The summed E-state index contributed by atoms with van der Waals surface area (Å²) in [5.41, 5.74) is 4.07. The Hall–Kier alpha value is -3.36. The molecule has 1 heterocycles. The summed E-state index contributed by atoms with van der Waals surface area (Å²) in [6, 6.07) is 39.6. The number of hydrogen-bond acceptors (Lipinski definition) is 6. The quantitative estimate of drug-likeness (QED) is 0.236. The summed E-state index contributed by atoms with van der Waals surface area (Å²) in [6.07, 6.45) is -3.81. The summed E-state index contributed by atoms with van der Waals surface area (Å²) in [4.78, 5) is 0. The van der Waals surface area contributed by atoms with Crippen LogP contribution in [0, 0.1) is 0 Å². The van der Waals surface area contributed by atoms with Crippen LogP contribution in [0.5, 0.6) is 0 Å². The molecule has 5 atom stereocenters. The highest BCUT2D eigenvalue weighted by molar-refractivity contribution is 5.16. The SMILES string of the molecule is O[C@@H]1[C@H](OCc2ccccc2)O[C@H](COCc2ccccc2)[C@@H](OCc2ccccc2)[C@@H]1OCc1ccccc1. The molecule has 6 nitrogen and oxygen atoms in total. The zero-order chi connectivity index (χ0) is 27.4. The van der Waals surface area contributed by atoms with Gasteiger partial charge in [0.1, 0.15) is 24.4 Å². The van der Waals surface area contributed by atoms with Crippen molar-refractivity contribution in [3.8, 4) is 0 Å². The van der Waals surface area contributed by atoms with Crippen LogP contribution in [0.15, 0.2) is 121 Å². The van der Waals surface area contributed by atoms with Crippen LogP contribution >= 0.6 is 0 Å². The lowest BCUT2D eigenvalue weighted by molar-refractivity contribution is -0.321. The maximum atomic E-state index is 11.5. The van der Waals surface area contributed by atoms with Gasteiger partial charge in [0.25, 0.3) is 0 Å². The van der Waals surface area contributed by atoms with E-state index in [0.29, 0.717) is 26.4 Å². The van der Waals surface area contributed by atoms with Gasteiger partial charge in [-0.15, -0.1) is 0 Å². The van der Waals surface area contributed by atoms with E-state index in [1.165, 1.54) is 0 Å². The van der Waals surface area contributed by atoms with Crippen molar-refractivity contribution in [3.05, 3.63) is 144 Å². The Bertz CT molecular complexity index is 1200. The number of ether oxygens (including phenoxy) is 5. The fourth-order valence-electron chi connectivity index (χ4n) is 4.71. The maximum Gasteiger partial charge on any atom is 0.187 e. The number of rotatable bonds is 13. The van der Waals surface area contributed by atoms with E-state index >= 15 is 0 Å². The van der Waals surface area contributed by atoms with Crippen LogP contribution in [-0.2, 0) is 50.1 Å². The van der Waals surface area contributed by atoms with Crippen molar-refractivity contribution in [1.29, 1.82) is 0 Å². The predicted octanol–water partition coefficient (Wildman–Crippen LogP) is 5.68. The van der Waals surface area contributed by atoms with Gasteiger partial charge < -0.3 is 28.8 Å². The van der Waals surface area contributed by atoms with Crippen LogP contribution in [0.1, 0.15) is 22.3 Å². The Morgan fingerprint density at radius 1 is 0.500 bits per heavy atom. The summed E-state index contributed by atoms with van der Waals surface area (Å²) in [6.45, 7) is 1.63. The Balaban J connectivity index is 1.34. The first-order valence-corrected chi connectivity index (χ1v) is 13.7. The molecule has 4 aromatic carbocycles. The lowest BCUT2D eigenvalue weighted by atomic mass is 9.98. The second-order valence-electron chi connectivity index (χ2n) is 9.85. The van der Waals surface area contributed by atoms with Crippen LogP contribution in [0.25, 0.3) is 0 Å². The minimum atomic E-state index is -1.07. The standard InChI is InChI=1S/C34H36O6/c35-31-33(38-23-28-17-9-3-10-18-28)32(37-22-27-15-7-2-8-16-27)30(25-36-21-26-13-5-1-6-14-26)40-34(31)39-24-29-19-11-4-12-20-29/h1-20,30-35H,21-25H2/t30-,31+,32-,33-,34-/m1/s1. The molecule has 1 saturated heterocycles. The fraction of sp³-hybridized carbons (Fsp3) is 0.294. The van der Waals surface area contributed by atoms with Crippen LogP contribution in [-0.4, -0.2) is 42.4 Å². The molecule has 0 radical (unpaired) electrons. The van der Waals surface area contributed by atoms with Gasteiger partial charge in [-0.05, 0) is 22.3 Å². The zero-order valence-corrected chi connectivity index (χ0v) is 22.5. The highest BCUT2D eigenvalue weighted by Gasteiger charge is 2.47. The molecular weight excluding hydrogens is 504 g/mol. The molecule has 1 aliphatic heterocycles. The van der Waals surface area contributed by atoms with E-state index in [-0.39, 0.29) is 6.61 Å². The van der Waals surface area contributed by atoms with Gasteiger partial charge in [-0.25, -0.2) is 0 Å². The van der Waals surface area contributed by atoms with E-state index in [1.54, 1.807) is 0 Å². The van der Waals surface area contributed by atoms with Gasteiger partial charge >= 0.3 is 0 Å². The van der Waals surface area contributed by atoms with Crippen LogP contribution in [0.2, 0.25) is 0 Å². The van der Waals surface area contributed by atoms with Crippen molar-refractivity contribution >= 4 is 0 Å². The van der Waals surface area contributed by atoms with Crippen LogP contribution in [0.4, 0.5) is 0 Å². The number of benzene rings is 4. The molecule has 1 aliphatic rings. The minimum absolute atomic E-state index is 0.247. The molecule has 0 spiro atoms. The molecule has 40 heavy (non-hydrogen) atoms. The van der Waals surface area contributed by atoms with E-state index in [9.17, 15) is 5.11 Å². The summed E-state index contributed by atoms with van der Waals surface area (Å²) < 4.78 is 31.3. The average Bonchev–Trinajstić information content (AvgIpc) is 3.01. The monoisotopic (exact) mass is 540 g/mol. The molecule has 6 heteroatoms. The first-order chi connectivity index (χ1) is 19.8. The highest BCUT2D eigenvalue weighted by atomic mass is 16.7. The molecule has 0 aliphatic carbocycles. The first-order valence-electron chi connectivity index (χ1n) is 13.7. The van der Waals surface area contributed by atoms with E-state index in [1.807, 2.05) is 121 Å². The normalized spacial score (nSPS) is 22.7. The summed E-state index contributed by atoms with van der Waals surface area (Å²) >= 11 is 0. The Morgan fingerprint density at radius 3 is 1.38 bits per heavy atom. The summed E-state index contributed by atoms with van der Waals surface area (Å²) in [7, 11) is 0. The molecule has 1 N–H and O–H groups in total. The number of hydrogen-bond donors (Lipinski definition) is 1. The smallest absolute Gasteiger partial charge is 0.187 e. The molecule has 4 aromatic rings. The van der Waals surface area contributed by atoms with Gasteiger partial charge in [-0.2, -0.15) is 0 Å². The predicted molar refractivity (Wildman–Crippen MR) is 152 cm³/mol. The van der Waals surface area contributed by atoms with Crippen molar-refractivity contribution in [3.63, 3.8) is 0 Å². The van der Waals surface area contributed by atoms with Gasteiger partial charge in [0.2, 0.25) is 0 Å². The largest absolute Gasteiger partial charge is 0.385 e. The van der Waals surface area contributed by atoms with Crippen molar-refractivity contribution in [2.45, 2.75) is 57.1 Å². The van der Waals surface area contributed by atoms with Crippen LogP contribution in [0.3, 0.4) is 0 Å². The second kappa shape index (κ2) is 14.9. The zero-order valence-electron chi connectivity index (χ0n) is 22.5. The third-order valence-corrected chi connectivity index (χ3v) is 6.84. The number of aliphatic hydroxyl groups excluding tert-OH is 1. The molecule has 0 bridgehead atoms. The third-order valence-electron chi connectivity index (χ3n) is 6.84. The van der Waals surface area contributed by atoms with E-state index in [4.69, 9.17) is 23.7 Å². The lowest BCUT2D eigenvalue weighted by Crippen LogP contribution is -2.61. The van der Waals surface area contributed by atoms with Gasteiger partial charge in [-0.3, -0.25) is 0 Å². The van der Waals surface area contributed by atoms with Crippen LogP contribution < -0.4 is 0 Å². The summed E-state index contributed by atoms with van der Waals surface area (Å²) in [5, 5.41) is 11.5. The maximum absolute atomic E-state index is 11.5. The molecular formula is C34H36O6. The van der Waals surface area contributed by atoms with Gasteiger partial charge in [-0.1, -0.05) is 121 Å². The molecule has 0 aromatic heterocycles. The van der Waals surface area contributed by atoms with E-state index < -0.39 is 30.7 Å². The fourth-order valence-corrected chi connectivity index (χ4v) is 4.71. The van der Waals surface area contributed by atoms with E-state index in [0.717, 1.165) is 22.3 Å². The molecule has 208 valence electrons. The molecule has 0 saturated carbocycles. The van der Waals surface area contributed by atoms with E-state index in [2.05, 4.69) is 0 Å². The third kappa shape index (κ3) is 8.08. The van der Waals surface area contributed by atoms with Gasteiger partial charge in [0.05, 0.1) is 33.0 Å². The summed E-state index contributed by atoms with van der Waals surface area (Å²) in [5.74, 6) is 0. The number of aliphatic hydroxyl groups is 1. The van der Waals surface area contributed by atoms with Crippen molar-refractivity contribution in [1.82, 2.24) is 0 Å². The van der Waals surface area contributed by atoms with Crippen molar-refractivity contribution in [2.24, 2.45) is 0 Å². The molecule has 1 fully saturated rings.